The molecule has 0 heterocycles. The first kappa shape index (κ1) is 17.8. The summed E-state index contributed by atoms with van der Waals surface area (Å²) in [6.45, 7) is 0. The minimum Gasteiger partial charge on any atom is -0.508 e. The fourth-order valence-electron chi connectivity index (χ4n) is 1.72. The Morgan fingerprint density at radius 2 is 1.65 bits per heavy atom. The van der Waals surface area contributed by atoms with E-state index in [4.69, 9.17) is 28.3 Å². The fourth-order valence-corrected chi connectivity index (χ4v) is 4.34. The molecule has 0 amide bonds. The van der Waals surface area contributed by atoms with Crippen molar-refractivity contribution >= 4 is 48.9 Å². The van der Waals surface area contributed by atoms with Gasteiger partial charge in [0.25, 0.3) is 10.0 Å². The van der Waals surface area contributed by atoms with Gasteiger partial charge in [0, 0.05) is 6.07 Å². The molecule has 11 heteroatoms. The van der Waals surface area contributed by atoms with Gasteiger partial charge in [-0.3, -0.25) is 4.72 Å². The number of nitrogens with one attached hydrogen (secondary N) is 1. The fraction of sp³-hybridized carbons (Fsp3) is 0. The molecule has 0 saturated heterocycles. The van der Waals surface area contributed by atoms with E-state index in [-0.39, 0.29) is 20.6 Å². The number of rotatable bonds is 4. The van der Waals surface area contributed by atoms with Crippen LogP contribution in [0.25, 0.3) is 0 Å². The average Bonchev–Trinajstić information content (AvgIpc) is 2.42. The predicted molar refractivity (Wildman–Crippen MR) is 86.8 cm³/mol. The lowest BCUT2D eigenvalue weighted by molar-refractivity contribution is 0.473. The molecule has 0 spiro atoms. The molecule has 7 nitrogen and oxygen atoms in total. The first-order chi connectivity index (χ1) is 10.5. The van der Waals surface area contributed by atoms with Crippen LogP contribution in [0.3, 0.4) is 0 Å². The monoisotopic (exact) mass is 396 g/mol. The number of hydrogen-bond acceptors (Lipinski definition) is 5. The number of phenols is 1. The molecule has 2 aromatic carbocycles. The molecule has 0 aliphatic carbocycles. The van der Waals surface area contributed by atoms with Crippen molar-refractivity contribution in [3.8, 4) is 5.75 Å². The summed E-state index contributed by atoms with van der Waals surface area (Å²) in [6, 6.07) is 6.97. The van der Waals surface area contributed by atoms with Gasteiger partial charge in [0.15, 0.2) is 0 Å². The van der Waals surface area contributed by atoms with Gasteiger partial charge in [0.05, 0.1) is 15.7 Å². The third kappa shape index (κ3) is 3.88. The molecule has 2 aromatic rings. The molecule has 23 heavy (non-hydrogen) atoms. The molecule has 0 aromatic heterocycles. The Labute approximate surface area is 142 Å². The number of anilines is 1. The van der Waals surface area contributed by atoms with E-state index < -0.39 is 30.7 Å². The van der Waals surface area contributed by atoms with Crippen LogP contribution in [-0.2, 0) is 20.0 Å². The summed E-state index contributed by atoms with van der Waals surface area (Å²) in [7, 11) is -8.50. The first-order valence-corrected chi connectivity index (χ1v) is 9.63. The highest BCUT2D eigenvalue weighted by molar-refractivity contribution is 7.93. The second-order valence-corrected chi connectivity index (χ2v) is 8.35. The molecule has 0 atom stereocenters. The van der Waals surface area contributed by atoms with Crippen LogP contribution < -0.4 is 9.86 Å². The van der Waals surface area contributed by atoms with Crippen molar-refractivity contribution in [2.45, 2.75) is 9.79 Å². The summed E-state index contributed by atoms with van der Waals surface area (Å²) in [4.78, 5) is -0.917. The highest BCUT2D eigenvalue weighted by Crippen LogP contribution is 2.32. The topological polar surface area (TPSA) is 127 Å². The molecule has 0 fully saturated rings. The van der Waals surface area contributed by atoms with Crippen LogP contribution in [0.4, 0.5) is 5.69 Å². The van der Waals surface area contributed by atoms with Crippen molar-refractivity contribution in [2.24, 2.45) is 5.14 Å². The standard InChI is InChI=1S/C12H10Cl2N2O5S2/c13-8-2-1-3-10(12(8)14)23(20,21)16-9-5-4-7(17)6-11(9)22(15,18)19/h1-6,16-17H,(H2,15,18,19). The maximum Gasteiger partial charge on any atom is 0.263 e. The lowest BCUT2D eigenvalue weighted by Gasteiger charge is -2.13. The smallest absolute Gasteiger partial charge is 0.263 e. The van der Waals surface area contributed by atoms with Gasteiger partial charge in [-0.05, 0) is 24.3 Å². The summed E-state index contributed by atoms with van der Waals surface area (Å²) in [5.41, 5.74) is -0.332. The highest BCUT2D eigenvalue weighted by atomic mass is 35.5. The van der Waals surface area contributed by atoms with E-state index in [2.05, 4.69) is 4.72 Å². The zero-order valence-corrected chi connectivity index (χ0v) is 14.3. The van der Waals surface area contributed by atoms with Crippen LogP contribution >= 0.6 is 23.2 Å². The van der Waals surface area contributed by atoms with Gasteiger partial charge in [-0.15, -0.1) is 0 Å². The average molecular weight is 397 g/mol. The Hall–Kier alpha value is -1.52. The first-order valence-electron chi connectivity index (χ1n) is 5.85. The van der Waals surface area contributed by atoms with E-state index in [9.17, 15) is 21.9 Å². The molecule has 0 unspecified atom stereocenters. The largest absolute Gasteiger partial charge is 0.508 e. The summed E-state index contributed by atoms with van der Waals surface area (Å²) in [6.07, 6.45) is 0. The van der Waals surface area contributed by atoms with E-state index >= 15 is 0 Å². The second kappa shape index (κ2) is 6.17. The summed E-state index contributed by atoms with van der Waals surface area (Å²) in [5, 5.41) is 14.2. The predicted octanol–water partition coefficient (Wildman–Crippen LogP) is 2.15. The number of sulfonamides is 2. The van der Waals surface area contributed by atoms with Crippen molar-refractivity contribution in [3.05, 3.63) is 46.4 Å². The van der Waals surface area contributed by atoms with Crippen LogP contribution in [0.15, 0.2) is 46.2 Å². The van der Waals surface area contributed by atoms with Crippen molar-refractivity contribution in [1.82, 2.24) is 0 Å². The van der Waals surface area contributed by atoms with Crippen LogP contribution in [0.2, 0.25) is 10.0 Å². The molecule has 0 saturated carbocycles. The minimum atomic E-state index is -4.27. The zero-order chi connectivity index (χ0) is 17.4. The highest BCUT2D eigenvalue weighted by Gasteiger charge is 2.23. The van der Waals surface area contributed by atoms with Gasteiger partial charge in [-0.25, -0.2) is 22.0 Å². The SMILES string of the molecule is NS(=O)(=O)c1cc(O)ccc1NS(=O)(=O)c1cccc(Cl)c1Cl. The molecular weight excluding hydrogens is 387 g/mol. The second-order valence-electron chi connectivity index (χ2n) is 4.38. The Bertz CT molecular complexity index is 975. The molecule has 0 aliphatic heterocycles. The normalized spacial score (nSPS) is 12.1. The zero-order valence-electron chi connectivity index (χ0n) is 11.2. The maximum absolute atomic E-state index is 12.4. The number of hydrogen-bond donors (Lipinski definition) is 3. The van der Waals surface area contributed by atoms with E-state index in [0.29, 0.717) is 0 Å². The maximum atomic E-state index is 12.4. The third-order valence-corrected chi connectivity index (χ3v) is 6.01. The van der Waals surface area contributed by atoms with E-state index in [1.165, 1.54) is 18.2 Å². The van der Waals surface area contributed by atoms with Crippen LogP contribution in [0.1, 0.15) is 0 Å². The summed E-state index contributed by atoms with van der Waals surface area (Å²) >= 11 is 11.6. The molecule has 0 bridgehead atoms. The van der Waals surface area contributed by atoms with E-state index in [1.807, 2.05) is 0 Å². The van der Waals surface area contributed by atoms with Crippen molar-refractivity contribution in [1.29, 1.82) is 0 Å². The van der Waals surface area contributed by atoms with E-state index in [0.717, 1.165) is 18.2 Å². The number of halogens is 2. The van der Waals surface area contributed by atoms with Crippen molar-refractivity contribution < 1.29 is 21.9 Å². The van der Waals surface area contributed by atoms with Gasteiger partial charge in [-0.2, -0.15) is 0 Å². The minimum absolute atomic E-state index is 0.0203. The van der Waals surface area contributed by atoms with Crippen LogP contribution in [-0.4, -0.2) is 21.9 Å². The van der Waals surface area contributed by atoms with Crippen molar-refractivity contribution in [2.75, 3.05) is 4.72 Å². The van der Waals surface area contributed by atoms with E-state index in [1.54, 1.807) is 0 Å². The summed E-state index contributed by atoms with van der Waals surface area (Å²) < 4.78 is 49.9. The van der Waals surface area contributed by atoms with Crippen LogP contribution in [0, 0.1) is 0 Å². The Kier molecular flexibility index (Phi) is 4.79. The molecular formula is C12H10Cl2N2O5S2. The van der Waals surface area contributed by atoms with Gasteiger partial charge in [0.1, 0.15) is 15.5 Å². The van der Waals surface area contributed by atoms with Gasteiger partial charge < -0.3 is 5.11 Å². The number of benzene rings is 2. The summed E-state index contributed by atoms with van der Waals surface area (Å²) in [5.74, 6) is -0.391. The van der Waals surface area contributed by atoms with Crippen LogP contribution in [0.5, 0.6) is 5.75 Å². The molecule has 2 rings (SSSR count). The lowest BCUT2D eigenvalue weighted by Crippen LogP contribution is -2.19. The Morgan fingerprint density at radius 1 is 1.00 bits per heavy atom. The Morgan fingerprint density at radius 3 is 2.26 bits per heavy atom. The van der Waals surface area contributed by atoms with Gasteiger partial charge in [0.2, 0.25) is 10.0 Å². The molecule has 124 valence electrons. The van der Waals surface area contributed by atoms with Gasteiger partial charge >= 0.3 is 0 Å². The quantitative estimate of drug-likeness (QED) is 0.682. The Balaban J connectivity index is 2.57. The van der Waals surface area contributed by atoms with Crippen molar-refractivity contribution in [3.63, 3.8) is 0 Å². The number of nitrogens with two attached hydrogens (primary N) is 1. The van der Waals surface area contributed by atoms with Gasteiger partial charge in [-0.1, -0.05) is 29.3 Å². The third-order valence-electron chi connectivity index (χ3n) is 2.72. The number of primary sulfonamides is 1. The number of phenolic OH excluding ortho intramolecular Hbond substituents is 1. The number of aromatic hydroxyl groups is 1. The molecule has 0 aliphatic rings. The molecule has 0 radical (unpaired) electrons. The molecule has 4 N–H and O–H groups in total. The lowest BCUT2D eigenvalue weighted by atomic mass is 10.3.